The van der Waals surface area contributed by atoms with E-state index in [1.54, 1.807) is 5.01 Å². The standard InChI is InChI=1S/C27H42N4O3.C7H11N3O/c1-26(34)13-11-19-17(15-26)7-8-21-20(19)12-14-27(2)22(21)9-10-23(27)24(32)16-30-25(33)31(29-28-30)18-5-3-4-6-18;11-7-5-8-9-10(7)6-3-1-2-4-6/h17-23,34H,3-16H2,1-2H3;6H,1-5H2/t17-,19+,20-,21-,22+,23-,26-,27+;/m1./s1. The molecule has 1 amide bonds. The molecule has 0 aromatic carbocycles. The summed E-state index contributed by atoms with van der Waals surface area (Å²) in [6.45, 7) is 4.74. The third-order valence-electron chi connectivity index (χ3n) is 13.6. The minimum atomic E-state index is -0.472. The number of hydrogen-bond donors (Lipinski definition) is 1. The van der Waals surface area contributed by atoms with Gasteiger partial charge in [-0.2, -0.15) is 14.5 Å². The smallest absolute Gasteiger partial charge is 0.364 e. The second-order valence-electron chi connectivity index (χ2n) is 16.2. The molecule has 0 bridgehead atoms. The van der Waals surface area contributed by atoms with Gasteiger partial charge in [0.25, 0.3) is 5.91 Å². The van der Waals surface area contributed by atoms with Gasteiger partial charge in [0, 0.05) is 5.92 Å². The highest BCUT2D eigenvalue weighted by molar-refractivity contribution is 5.82. The molecule has 0 radical (unpaired) electrons. The van der Waals surface area contributed by atoms with Gasteiger partial charge in [-0.15, -0.1) is 0 Å². The van der Waals surface area contributed by atoms with Gasteiger partial charge in [-0.1, -0.05) is 37.8 Å². The van der Waals surface area contributed by atoms with E-state index in [-0.39, 0.29) is 47.8 Å². The molecule has 1 aliphatic heterocycles. The van der Waals surface area contributed by atoms with Gasteiger partial charge in [0.05, 0.1) is 17.7 Å². The zero-order valence-corrected chi connectivity index (χ0v) is 27.4. The third kappa shape index (κ3) is 5.84. The van der Waals surface area contributed by atoms with Crippen molar-refractivity contribution in [3.63, 3.8) is 0 Å². The fraction of sp³-hybridized carbons (Fsp3) is 0.912. The molecule has 6 saturated carbocycles. The summed E-state index contributed by atoms with van der Waals surface area (Å²) in [6.07, 6.45) is 18.9. The molecule has 7 aliphatic rings. The first-order valence-electron chi connectivity index (χ1n) is 18.1. The molecule has 1 aromatic rings. The lowest BCUT2D eigenvalue weighted by Crippen LogP contribution is -2.51. The number of carbonyl (C=O) groups excluding carboxylic acids is 2. The quantitative estimate of drug-likeness (QED) is 0.474. The minimum absolute atomic E-state index is 0.0341. The van der Waals surface area contributed by atoms with Crippen molar-refractivity contribution >= 4 is 11.7 Å². The first-order chi connectivity index (χ1) is 21.6. The molecule has 0 saturated heterocycles. The number of aliphatic hydroxyl groups is 1. The van der Waals surface area contributed by atoms with Crippen LogP contribution in [0.5, 0.6) is 0 Å². The lowest BCUT2D eigenvalue weighted by atomic mass is 9.49. The van der Waals surface area contributed by atoms with E-state index in [2.05, 4.69) is 27.7 Å². The Morgan fingerprint density at radius 2 is 1.53 bits per heavy atom. The predicted octanol–water partition coefficient (Wildman–Crippen LogP) is 5.28. The number of rotatable bonds is 5. The summed E-state index contributed by atoms with van der Waals surface area (Å²) in [5.41, 5.74) is -0.633. The van der Waals surface area contributed by atoms with Crippen molar-refractivity contribution in [1.29, 1.82) is 0 Å². The van der Waals surface area contributed by atoms with Crippen LogP contribution in [0.25, 0.3) is 0 Å². The number of tetrazole rings is 1. The topological polar surface area (TPSA) is 135 Å². The van der Waals surface area contributed by atoms with E-state index in [4.69, 9.17) is 0 Å². The normalized spacial score (nSPS) is 39.8. The van der Waals surface area contributed by atoms with Gasteiger partial charge in [-0.25, -0.2) is 9.80 Å². The van der Waals surface area contributed by atoms with E-state index < -0.39 is 5.60 Å². The Morgan fingerprint density at radius 3 is 2.24 bits per heavy atom. The Balaban J connectivity index is 0.000000249. The number of ketones is 1. The van der Waals surface area contributed by atoms with E-state index >= 15 is 0 Å². The molecule has 11 heteroatoms. The van der Waals surface area contributed by atoms with Gasteiger partial charge in [-0.3, -0.25) is 9.59 Å². The summed E-state index contributed by atoms with van der Waals surface area (Å²) in [5.74, 6) is 3.86. The van der Waals surface area contributed by atoms with Crippen LogP contribution in [0.3, 0.4) is 0 Å². The molecule has 1 aromatic heterocycles. The maximum absolute atomic E-state index is 13.6. The van der Waals surface area contributed by atoms with Gasteiger partial charge < -0.3 is 5.11 Å². The zero-order chi connectivity index (χ0) is 31.3. The molecule has 45 heavy (non-hydrogen) atoms. The first-order valence-corrected chi connectivity index (χ1v) is 18.1. The van der Waals surface area contributed by atoms with Crippen molar-refractivity contribution in [2.45, 2.75) is 147 Å². The van der Waals surface area contributed by atoms with Crippen LogP contribution in [0.15, 0.2) is 15.1 Å². The number of carbonyl (C=O) groups is 2. The number of Topliss-reactive ketones (excluding diaryl/α,β-unsaturated/α-hetero) is 1. The fourth-order valence-corrected chi connectivity index (χ4v) is 11.3. The molecular formula is C34H53N7O4. The number of aromatic nitrogens is 4. The summed E-state index contributed by atoms with van der Waals surface area (Å²) in [5, 5.41) is 27.9. The molecule has 1 N–H and O–H groups in total. The summed E-state index contributed by atoms with van der Waals surface area (Å²) >= 11 is 0. The van der Waals surface area contributed by atoms with Crippen LogP contribution in [0, 0.1) is 40.9 Å². The SMILES string of the molecule is C[C@@]1(O)CC[C@H]2[C@H](CC[C@@H]3[C@@H]2CC[C@]2(C)[C@@H](C(=O)Cn4nnn(C5CCCC5)c4=O)CC[C@@H]32)C1.O=C1CN=NN1C1CCCC1. The van der Waals surface area contributed by atoms with Crippen molar-refractivity contribution in [3.8, 4) is 0 Å². The molecule has 6 fully saturated rings. The van der Waals surface area contributed by atoms with Crippen LogP contribution >= 0.6 is 0 Å². The molecule has 2 heterocycles. The van der Waals surface area contributed by atoms with Gasteiger partial charge in [0.15, 0.2) is 5.78 Å². The van der Waals surface area contributed by atoms with E-state index in [1.807, 2.05) is 6.92 Å². The van der Waals surface area contributed by atoms with Crippen LogP contribution in [-0.2, 0) is 16.1 Å². The molecule has 8 atom stereocenters. The molecule has 8 rings (SSSR count). The summed E-state index contributed by atoms with van der Waals surface area (Å²) in [7, 11) is 0. The maximum Gasteiger partial charge on any atom is 0.364 e. The van der Waals surface area contributed by atoms with Crippen LogP contribution in [-0.4, -0.2) is 59.8 Å². The van der Waals surface area contributed by atoms with Crippen molar-refractivity contribution in [1.82, 2.24) is 24.8 Å². The Morgan fingerprint density at radius 1 is 0.822 bits per heavy atom. The Labute approximate surface area is 266 Å². The second kappa shape index (κ2) is 12.3. The van der Waals surface area contributed by atoms with E-state index in [1.165, 1.54) is 47.9 Å². The summed E-state index contributed by atoms with van der Waals surface area (Å²) < 4.78 is 2.84. The van der Waals surface area contributed by atoms with E-state index in [9.17, 15) is 19.5 Å². The summed E-state index contributed by atoms with van der Waals surface area (Å²) in [6, 6.07) is 0.507. The Bertz CT molecular complexity index is 1340. The van der Waals surface area contributed by atoms with Crippen LogP contribution in [0.4, 0.5) is 0 Å². The lowest BCUT2D eigenvalue weighted by molar-refractivity contribution is -0.133. The zero-order valence-electron chi connectivity index (χ0n) is 27.4. The molecule has 0 spiro atoms. The number of fused-ring (bicyclic) bond motifs is 5. The summed E-state index contributed by atoms with van der Waals surface area (Å²) in [4.78, 5) is 37.5. The Hall–Kier alpha value is -2.43. The average molecular weight is 624 g/mol. The van der Waals surface area contributed by atoms with Crippen molar-refractivity contribution in [3.05, 3.63) is 10.5 Å². The predicted molar refractivity (Wildman–Crippen MR) is 167 cm³/mol. The highest BCUT2D eigenvalue weighted by Crippen LogP contribution is 2.64. The first kappa shape index (κ1) is 31.2. The van der Waals surface area contributed by atoms with Gasteiger partial charge >= 0.3 is 5.69 Å². The highest BCUT2D eigenvalue weighted by Gasteiger charge is 2.58. The van der Waals surface area contributed by atoms with Crippen molar-refractivity contribution in [2.75, 3.05) is 6.54 Å². The number of amides is 1. The van der Waals surface area contributed by atoms with E-state index in [0.29, 0.717) is 17.9 Å². The van der Waals surface area contributed by atoms with Crippen LogP contribution in [0.1, 0.15) is 129 Å². The van der Waals surface area contributed by atoms with Crippen LogP contribution in [0.2, 0.25) is 0 Å². The third-order valence-corrected chi connectivity index (χ3v) is 13.6. The van der Waals surface area contributed by atoms with Crippen LogP contribution < -0.4 is 5.69 Å². The monoisotopic (exact) mass is 623 g/mol. The van der Waals surface area contributed by atoms with E-state index in [0.717, 1.165) is 88.4 Å². The lowest BCUT2D eigenvalue weighted by Gasteiger charge is -2.56. The fourth-order valence-electron chi connectivity index (χ4n) is 11.3. The van der Waals surface area contributed by atoms with Crippen molar-refractivity contribution < 1.29 is 14.7 Å². The number of nitrogens with zero attached hydrogens (tertiary/aromatic N) is 7. The molecule has 6 aliphatic carbocycles. The minimum Gasteiger partial charge on any atom is -0.390 e. The highest BCUT2D eigenvalue weighted by atomic mass is 16.3. The van der Waals surface area contributed by atoms with Gasteiger partial charge in [0.2, 0.25) is 0 Å². The Kier molecular flexibility index (Phi) is 8.53. The number of hydrogen-bond acceptors (Lipinski definition) is 8. The molecule has 248 valence electrons. The molecular weight excluding hydrogens is 570 g/mol. The average Bonchev–Trinajstić information content (AvgIpc) is 3.84. The van der Waals surface area contributed by atoms with Crippen molar-refractivity contribution in [2.24, 2.45) is 51.3 Å². The molecule has 11 nitrogen and oxygen atoms in total. The van der Waals surface area contributed by atoms with Gasteiger partial charge in [0.1, 0.15) is 13.1 Å². The molecule has 0 unspecified atom stereocenters. The largest absolute Gasteiger partial charge is 0.390 e. The van der Waals surface area contributed by atoms with Gasteiger partial charge in [-0.05, 0) is 136 Å². The second-order valence-corrected chi connectivity index (χ2v) is 16.2. The maximum atomic E-state index is 13.6.